The molecule has 1 aliphatic heterocycles. The Morgan fingerprint density at radius 1 is 1.29 bits per heavy atom. The maximum absolute atomic E-state index is 12.6. The van der Waals surface area contributed by atoms with Gasteiger partial charge in [-0.1, -0.05) is 0 Å². The average Bonchev–Trinajstić information content (AvgIpc) is 3.14. The second-order valence-electron chi connectivity index (χ2n) is 6.69. The number of hydrogen-bond donors (Lipinski definition) is 1. The Kier molecular flexibility index (Phi) is 4.00. The van der Waals surface area contributed by atoms with Crippen molar-refractivity contribution in [2.24, 2.45) is 0 Å². The van der Waals surface area contributed by atoms with Crippen LogP contribution in [0.3, 0.4) is 0 Å². The largest absolute Gasteiger partial charge is 0.333 e. The van der Waals surface area contributed by atoms with Crippen molar-refractivity contribution in [1.29, 1.82) is 0 Å². The molecule has 1 fully saturated rings. The zero-order valence-electron chi connectivity index (χ0n) is 13.9. The van der Waals surface area contributed by atoms with Crippen molar-refractivity contribution in [2.45, 2.75) is 45.4 Å². The first-order valence-corrected chi connectivity index (χ1v) is 9.48. The second kappa shape index (κ2) is 6.16. The number of pyridine rings is 1. The quantitative estimate of drug-likeness (QED) is 0.932. The van der Waals surface area contributed by atoms with E-state index in [9.17, 15) is 9.59 Å². The summed E-state index contributed by atoms with van der Waals surface area (Å²) in [5, 5.41) is 6.29. The fraction of sp³-hybridized carbons (Fsp3) is 0.500. The summed E-state index contributed by atoms with van der Waals surface area (Å²) < 4.78 is 0. The first kappa shape index (κ1) is 15.6. The van der Waals surface area contributed by atoms with Crippen LogP contribution in [0.15, 0.2) is 5.38 Å². The van der Waals surface area contributed by atoms with Gasteiger partial charge in [0.05, 0.1) is 12.2 Å². The lowest BCUT2D eigenvalue weighted by molar-refractivity contribution is -0.131. The van der Waals surface area contributed by atoms with Crippen molar-refractivity contribution in [1.82, 2.24) is 9.88 Å². The molecule has 4 rings (SSSR count). The van der Waals surface area contributed by atoms with Crippen molar-refractivity contribution in [3.05, 3.63) is 22.2 Å². The third kappa shape index (κ3) is 2.69. The summed E-state index contributed by atoms with van der Waals surface area (Å²) in [5.74, 6) is -0.0186. The number of carbonyl (C=O) groups excluding carboxylic acids is 2. The molecule has 0 bridgehead atoms. The molecular formula is C18H21N3O2S. The maximum atomic E-state index is 12.6. The van der Waals surface area contributed by atoms with Gasteiger partial charge in [-0.2, -0.15) is 0 Å². The van der Waals surface area contributed by atoms with Gasteiger partial charge in [-0.05, 0) is 55.5 Å². The van der Waals surface area contributed by atoms with E-state index in [1.54, 1.807) is 16.2 Å². The standard InChI is InChI=1S/C18H21N3O2S/c1-11-10-24-18-16(11)17(12-5-2-3-6-13(12)19-18)20-14(22)9-21-8-4-7-15(21)23/h10H,2-9H2,1H3,(H,19,20,22). The van der Waals surface area contributed by atoms with Gasteiger partial charge in [-0.25, -0.2) is 4.98 Å². The molecular weight excluding hydrogens is 322 g/mol. The van der Waals surface area contributed by atoms with Gasteiger partial charge in [0.15, 0.2) is 0 Å². The number of fused-ring (bicyclic) bond motifs is 2. The van der Waals surface area contributed by atoms with Gasteiger partial charge >= 0.3 is 0 Å². The van der Waals surface area contributed by atoms with Crippen LogP contribution in [0.25, 0.3) is 10.2 Å². The minimum Gasteiger partial charge on any atom is -0.333 e. The molecule has 0 radical (unpaired) electrons. The highest BCUT2D eigenvalue weighted by Gasteiger charge is 2.25. The number of likely N-dealkylation sites (tertiary alicyclic amines) is 1. The van der Waals surface area contributed by atoms with Crippen LogP contribution >= 0.6 is 11.3 Å². The van der Waals surface area contributed by atoms with Crippen LogP contribution < -0.4 is 5.32 Å². The number of carbonyl (C=O) groups is 2. The minimum absolute atomic E-state index is 0.0822. The molecule has 1 N–H and O–H groups in total. The van der Waals surface area contributed by atoms with Crippen molar-refractivity contribution in [3.63, 3.8) is 0 Å². The topological polar surface area (TPSA) is 62.3 Å². The van der Waals surface area contributed by atoms with Crippen LogP contribution in [0, 0.1) is 6.92 Å². The van der Waals surface area contributed by atoms with Gasteiger partial charge < -0.3 is 10.2 Å². The summed E-state index contributed by atoms with van der Waals surface area (Å²) in [7, 11) is 0. The number of hydrogen-bond acceptors (Lipinski definition) is 4. The molecule has 2 aliphatic rings. The Morgan fingerprint density at radius 2 is 2.12 bits per heavy atom. The fourth-order valence-corrected chi connectivity index (χ4v) is 4.68. The molecule has 2 aromatic rings. The summed E-state index contributed by atoms with van der Waals surface area (Å²) in [4.78, 5) is 31.8. The predicted octanol–water partition coefficient (Wildman–Crippen LogP) is 3.04. The lowest BCUT2D eigenvalue weighted by Crippen LogP contribution is -2.34. The molecule has 0 atom stereocenters. The van der Waals surface area contributed by atoms with Crippen LogP contribution in [0.1, 0.15) is 42.5 Å². The molecule has 24 heavy (non-hydrogen) atoms. The van der Waals surface area contributed by atoms with E-state index < -0.39 is 0 Å². The summed E-state index contributed by atoms with van der Waals surface area (Å²) in [6, 6.07) is 0. The Bertz CT molecular complexity index is 827. The van der Waals surface area contributed by atoms with Crippen LogP contribution in [0.4, 0.5) is 5.69 Å². The molecule has 2 amide bonds. The van der Waals surface area contributed by atoms with Gasteiger partial charge in [0.25, 0.3) is 0 Å². The predicted molar refractivity (Wildman–Crippen MR) is 95.4 cm³/mol. The zero-order chi connectivity index (χ0) is 16.7. The lowest BCUT2D eigenvalue weighted by Gasteiger charge is -2.21. The normalized spacial score (nSPS) is 17.4. The Labute approximate surface area is 145 Å². The second-order valence-corrected chi connectivity index (χ2v) is 7.54. The molecule has 1 aliphatic carbocycles. The highest BCUT2D eigenvalue weighted by atomic mass is 32.1. The van der Waals surface area contributed by atoms with E-state index >= 15 is 0 Å². The first-order valence-electron chi connectivity index (χ1n) is 8.60. The van der Waals surface area contributed by atoms with Crippen molar-refractivity contribution >= 4 is 39.1 Å². The number of aromatic nitrogens is 1. The van der Waals surface area contributed by atoms with Crippen LogP contribution in [-0.2, 0) is 22.4 Å². The van der Waals surface area contributed by atoms with Crippen molar-refractivity contribution in [3.8, 4) is 0 Å². The SMILES string of the molecule is Cc1csc2nc3c(c(NC(=O)CN4CCCC4=O)c12)CCCC3. The summed E-state index contributed by atoms with van der Waals surface area (Å²) in [5.41, 5.74) is 4.41. The minimum atomic E-state index is -0.101. The van der Waals surface area contributed by atoms with Crippen LogP contribution in [0.5, 0.6) is 0 Å². The molecule has 0 spiro atoms. The highest BCUT2D eigenvalue weighted by Crippen LogP contribution is 2.37. The van der Waals surface area contributed by atoms with Crippen LogP contribution in [-0.4, -0.2) is 34.8 Å². The number of aryl methyl sites for hydroxylation is 2. The molecule has 0 saturated carbocycles. The van der Waals surface area contributed by atoms with E-state index in [4.69, 9.17) is 4.98 Å². The molecule has 5 nitrogen and oxygen atoms in total. The molecule has 1 saturated heterocycles. The molecule has 0 aromatic carbocycles. The number of anilines is 1. The number of nitrogens with one attached hydrogen (secondary N) is 1. The van der Waals surface area contributed by atoms with Gasteiger partial charge in [0, 0.05) is 24.0 Å². The zero-order valence-corrected chi connectivity index (χ0v) is 14.7. The number of nitrogens with zero attached hydrogens (tertiary/aromatic N) is 2. The molecule has 6 heteroatoms. The molecule has 3 heterocycles. The van der Waals surface area contributed by atoms with Crippen molar-refractivity contribution < 1.29 is 9.59 Å². The number of rotatable bonds is 3. The van der Waals surface area contributed by atoms with Gasteiger partial charge in [-0.3, -0.25) is 9.59 Å². The van der Waals surface area contributed by atoms with E-state index in [1.807, 2.05) is 0 Å². The summed E-state index contributed by atoms with van der Waals surface area (Å²) in [6.07, 6.45) is 5.65. The number of thiophene rings is 1. The summed E-state index contributed by atoms with van der Waals surface area (Å²) in [6.45, 7) is 2.91. The van der Waals surface area contributed by atoms with Gasteiger partial charge in [0.1, 0.15) is 4.83 Å². The Hall–Kier alpha value is -1.95. The Morgan fingerprint density at radius 3 is 2.92 bits per heavy atom. The first-order chi connectivity index (χ1) is 11.6. The van der Waals surface area contributed by atoms with Gasteiger partial charge in [-0.15, -0.1) is 11.3 Å². The fourth-order valence-electron chi connectivity index (χ4n) is 3.73. The van der Waals surface area contributed by atoms with Crippen molar-refractivity contribution in [2.75, 3.05) is 18.4 Å². The third-order valence-electron chi connectivity index (χ3n) is 4.95. The third-order valence-corrected chi connectivity index (χ3v) is 5.94. The molecule has 2 aromatic heterocycles. The smallest absolute Gasteiger partial charge is 0.244 e. The van der Waals surface area contributed by atoms with E-state index in [2.05, 4.69) is 17.6 Å². The highest BCUT2D eigenvalue weighted by molar-refractivity contribution is 7.17. The maximum Gasteiger partial charge on any atom is 0.244 e. The average molecular weight is 343 g/mol. The monoisotopic (exact) mass is 343 g/mol. The summed E-state index contributed by atoms with van der Waals surface area (Å²) >= 11 is 1.63. The number of amides is 2. The molecule has 0 unspecified atom stereocenters. The lowest BCUT2D eigenvalue weighted by atomic mass is 9.93. The van der Waals surface area contributed by atoms with E-state index in [0.29, 0.717) is 13.0 Å². The van der Waals surface area contributed by atoms with E-state index in [0.717, 1.165) is 59.3 Å². The van der Waals surface area contributed by atoms with E-state index in [-0.39, 0.29) is 18.4 Å². The van der Waals surface area contributed by atoms with Crippen LogP contribution in [0.2, 0.25) is 0 Å². The molecule has 126 valence electrons. The Balaban J connectivity index is 1.68. The van der Waals surface area contributed by atoms with E-state index in [1.165, 1.54) is 5.56 Å². The van der Waals surface area contributed by atoms with Gasteiger partial charge in [0.2, 0.25) is 11.8 Å².